The largest absolute Gasteiger partial charge is 0.487 e. The molecule has 3 aromatic rings. The summed E-state index contributed by atoms with van der Waals surface area (Å²) in [6.45, 7) is 6.08. The lowest BCUT2D eigenvalue weighted by Crippen LogP contribution is -2.45. The summed E-state index contributed by atoms with van der Waals surface area (Å²) in [6, 6.07) is 6.31. The Kier molecular flexibility index (Phi) is 11.0. The Labute approximate surface area is 285 Å². The van der Waals surface area contributed by atoms with Gasteiger partial charge in [-0.25, -0.2) is 15.0 Å². The van der Waals surface area contributed by atoms with Crippen LogP contribution in [-0.2, 0) is 4.74 Å². The van der Waals surface area contributed by atoms with Crippen LogP contribution < -0.4 is 14.8 Å². The number of nitrogens with zero attached hydrogens (tertiary/aromatic N) is 7. The van der Waals surface area contributed by atoms with E-state index in [0.717, 1.165) is 93.7 Å². The number of hydrogen-bond donors (Lipinski definition) is 4. The van der Waals surface area contributed by atoms with Gasteiger partial charge < -0.3 is 24.6 Å². The van der Waals surface area contributed by atoms with Crippen molar-refractivity contribution < 1.29 is 19.3 Å². The molecule has 15 heteroatoms. The highest BCUT2D eigenvalue weighted by atomic mass is 35.5. The van der Waals surface area contributed by atoms with Crippen LogP contribution in [0.1, 0.15) is 64.3 Å². The zero-order valence-electron chi connectivity index (χ0n) is 27.4. The van der Waals surface area contributed by atoms with Gasteiger partial charge in [0.15, 0.2) is 0 Å². The topological polar surface area (TPSA) is 170 Å². The Morgan fingerprint density at radius 1 is 1.17 bits per heavy atom. The van der Waals surface area contributed by atoms with Gasteiger partial charge in [0.1, 0.15) is 23.9 Å². The molecule has 0 amide bonds. The molecule has 2 saturated carbocycles. The Balaban J connectivity index is 1.13. The van der Waals surface area contributed by atoms with Crippen molar-refractivity contribution in [1.29, 1.82) is 10.9 Å². The van der Waals surface area contributed by atoms with Crippen molar-refractivity contribution in [3.63, 3.8) is 0 Å². The van der Waals surface area contributed by atoms with Gasteiger partial charge in [-0.05, 0) is 69.6 Å². The molecule has 3 heterocycles. The first-order chi connectivity index (χ1) is 23.3. The average molecular weight is 681 g/mol. The lowest BCUT2D eigenvalue weighted by atomic mass is 9.78. The van der Waals surface area contributed by atoms with Crippen LogP contribution in [0.2, 0.25) is 5.02 Å². The van der Waals surface area contributed by atoms with Crippen molar-refractivity contribution in [3.8, 4) is 22.8 Å². The molecule has 0 unspecified atom stereocenters. The second kappa shape index (κ2) is 15.6. The number of hydrogen-bond acceptors (Lipinski definition) is 12. The van der Waals surface area contributed by atoms with Crippen molar-refractivity contribution in [2.24, 2.45) is 5.22 Å². The first kappa shape index (κ1) is 34.0. The molecular weight excluding hydrogens is 636 g/mol. The third kappa shape index (κ3) is 8.41. The average Bonchev–Trinajstić information content (AvgIpc) is 3.50. The maximum absolute atomic E-state index is 10.6. The number of morpholine rings is 1. The SMILES string of the molecule is C[C@@H](CN(C=N)N=N)Oc1cc(-c2cnc(Nc3cn([C@H]4CC[C@H](N5CCOCC5)CC4)nc3OCCC3(O)CCC3)nc2)ccc1Cl. The summed E-state index contributed by atoms with van der Waals surface area (Å²) in [5, 5.41) is 31.0. The van der Waals surface area contributed by atoms with Gasteiger partial charge >= 0.3 is 0 Å². The molecule has 1 atom stereocenters. The van der Waals surface area contributed by atoms with Gasteiger partial charge in [-0.2, -0.15) is 5.53 Å². The quantitative estimate of drug-likeness (QED) is 0.0660. The lowest BCUT2D eigenvalue weighted by molar-refractivity contribution is -0.0485. The minimum Gasteiger partial charge on any atom is -0.487 e. The van der Waals surface area contributed by atoms with Crippen molar-refractivity contribution in [1.82, 2.24) is 29.7 Å². The van der Waals surface area contributed by atoms with Crippen LogP contribution in [0.3, 0.4) is 0 Å². The van der Waals surface area contributed by atoms with Gasteiger partial charge in [0, 0.05) is 43.5 Å². The zero-order chi connectivity index (χ0) is 33.5. The highest BCUT2D eigenvalue weighted by Gasteiger charge is 2.34. The van der Waals surface area contributed by atoms with E-state index in [1.54, 1.807) is 18.5 Å². The molecule has 0 bridgehead atoms. The van der Waals surface area contributed by atoms with Crippen LogP contribution in [0.4, 0.5) is 11.6 Å². The molecule has 1 aromatic carbocycles. The third-order valence-corrected chi connectivity index (χ3v) is 9.92. The number of aliphatic hydroxyl groups is 1. The maximum Gasteiger partial charge on any atom is 0.256 e. The monoisotopic (exact) mass is 680 g/mol. The number of nitrogens with one attached hydrogen (secondary N) is 3. The normalized spacial score (nSPS) is 21.5. The van der Waals surface area contributed by atoms with Gasteiger partial charge in [-0.1, -0.05) is 22.9 Å². The van der Waals surface area contributed by atoms with Gasteiger partial charge in [0.25, 0.3) is 5.88 Å². The summed E-state index contributed by atoms with van der Waals surface area (Å²) in [4.78, 5) is 11.7. The van der Waals surface area contributed by atoms with E-state index in [2.05, 4.69) is 25.4 Å². The molecule has 2 aromatic heterocycles. The minimum atomic E-state index is -0.629. The number of halogens is 1. The van der Waals surface area contributed by atoms with Gasteiger partial charge in [0.05, 0.1) is 49.2 Å². The Morgan fingerprint density at radius 3 is 2.56 bits per heavy atom. The van der Waals surface area contributed by atoms with Crippen LogP contribution >= 0.6 is 11.6 Å². The summed E-state index contributed by atoms with van der Waals surface area (Å²) in [6.07, 6.45) is 13.6. The van der Waals surface area contributed by atoms with E-state index in [1.807, 2.05) is 29.9 Å². The van der Waals surface area contributed by atoms with Crippen LogP contribution in [0.25, 0.3) is 11.1 Å². The maximum atomic E-state index is 10.6. The summed E-state index contributed by atoms with van der Waals surface area (Å²) in [5.74, 6) is 1.36. The molecule has 6 rings (SSSR count). The second-order valence-electron chi connectivity index (χ2n) is 13.0. The first-order valence-corrected chi connectivity index (χ1v) is 17.2. The smallest absolute Gasteiger partial charge is 0.256 e. The first-order valence-electron chi connectivity index (χ1n) is 16.8. The van der Waals surface area contributed by atoms with Gasteiger partial charge in [0.2, 0.25) is 5.95 Å². The van der Waals surface area contributed by atoms with Crippen LogP contribution in [0.15, 0.2) is 42.0 Å². The molecule has 14 nitrogen and oxygen atoms in total. The highest BCUT2D eigenvalue weighted by molar-refractivity contribution is 6.32. The lowest BCUT2D eigenvalue weighted by Gasteiger charge is -2.38. The summed E-state index contributed by atoms with van der Waals surface area (Å²) >= 11 is 6.41. The van der Waals surface area contributed by atoms with E-state index in [9.17, 15) is 5.11 Å². The number of benzene rings is 1. The van der Waals surface area contributed by atoms with E-state index in [1.165, 1.54) is 0 Å². The molecule has 1 saturated heterocycles. The van der Waals surface area contributed by atoms with Gasteiger partial charge in [-0.15, -0.1) is 5.10 Å². The van der Waals surface area contributed by atoms with E-state index in [4.69, 9.17) is 41.9 Å². The molecule has 4 N–H and O–H groups in total. The van der Waals surface area contributed by atoms with E-state index >= 15 is 0 Å². The van der Waals surface area contributed by atoms with Crippen molar-refractivity contribution in [2.75, 3.05) is 44.8 Å². The standard InChI is InChI=1S/C33H45ClN10O4/c1-23(20-43(22-35)41-36)48-30-17-24(3-8-28(30)34)25-18-37-32(38-19-25)39-29-21-44(40-31(29)47-14-11-33(45)9-2-10-33)27-6-4-26(5-7-27)42-12-15-46-16-13-42/h3,8,17-19,21-23,26-27,35-36,45H,2,4-7,9-16,20H2,1H3,(H,37,38,39)/t23-,26-,27-/m0/s1. The number of rotatable bonds is 15. The molecule has 1 aliphatic heterocycles. The van der Waals surface area contributed by atoms with E-state index < -0.39 is 5.60 Å². The second-order valence-corrected chi connectivity index (χ2v) is 13.4. The molecule has 258 valence electrons. The Morgan fingerprint density at radius 2 is 1.90 bits per heavy atom. The number of ether oxygens (including phenoxy) is 3. The fourth-order valence-corrected chi connectivity index (χ4v) is 6.79. The van der Waals surface area contributed by atoms with Crippen molar-refractivity contribution in [3.05, 3.63) is 41.8 Å². The predicted molar refractivity (Wildman–Crippen MR) is 181 cm³/mol. The van der Waals surface area contributed by atoms with Crippen LogP contribution in [0.5, 0.6) is 11.6 Å². The van der Waals surface area contributed by atoms with Crippen molar-refractivity contribution in [2.45, 2.75) is 82.1 Å². The molecular formula is C33H45ClN10O4. The Bertz CT molecular complexity index is 1510. The fourth-order valence-electron chi connectivity index (χ4n) is 6.63. The molecule has 0 spiro atoms. The molecule has 3 aliphatic rings. The summed E-state index contributed by atoms with van der Waals surface area (Å²) in [7, 11) is 0. The van der Waals surface area contributed by atoms with Crippen LogP contribution in [0, 0.1) is 10.9 Å². The third-order valence-electron chi connectivity index (χ3n) is 9.60. The summed E-state index contributed by atoms with van der Waals surface area (Å²) in [5.41, 5.74) is 8.80. The number of aromatic nitrogens is 4. The van der Waals surface area contributed by atoms with E-state index in [0.29, 0.717) is 47.4 Å². The zero-order valence-corrected chi connectivity index (χ0v) is 28.1. The fraction of sp³-hybridized carbons (Fsp3) is 0.576. The Hall–Kier alpha value is -3.85. The van der Waals surface area contributed by atoms with Crippen LogP contribution in [-0.4, -0.2) is 98.3 Å². The molecule has 48 heavy (non-hydrogen) atoms. The van der Waals surface area contributed by atoms with E-state index in [-0.39, 0.29) is 18.7 Å². The van der Waals surface area contributed by atoms with Crippen molar-refractivity contribution >= 4 is 29.6 Å². The predicted octanol–water partition coefficient (Wildman–Crippen LogP) is 5.86. The minimum absolute atomic E-state index is 0.232. The number of anilines is 2. The molecule has 3 fully saturated rings. The molecule has 2 aliphatic carbocycles. The highest BCUT2D eigenvalue weighted by Crippen LogP contribution is 2.37. The molecule has 0 radical (unpaired) electrons. The van der Waals surface area contributed by atoms with Gasteiger partial charge in [-0.3, -0.25) is 15.0 Å². The summed E-state index contributed by atoms with van der Waals surface area (Å²) < 4.78 is 19.7.